The molecule has 0 saturated carbocycles. The van der Waals surface area contributed by atoms with Crippen LogP contribution in [0.15, 0.2) is 22.7 Å². The monoisotopic (exact) mass is 351 g/mol. The fourth-order valence-corrected chi connectivity index (χ4v) is 2.77. The topological polar surface area (TPSA) is 4.36 Å². The van der Waals surface area contributed by atoms with E-state index >= 15 is 0 Å². The molecule has 4 heteroatoms. The van der Waals surface area contributed by atoms with Gasteiger partial charge in [0.15, 0.2) is 5.69 Å². The molecule has 0 aromatic heterocycles. The molecular formula is C8H4Br3N. The van der Waals surface area contributed by atoms with Gasteiger partial charge in [0.05, 0.1) is 10.3 Å². The maximum atomic E-state index is 6.80. The number of hydrogen-bond acceptors (Lipinski definition) is 0. The van der Waals surface area contributed by atoms with E-state index in [1.807, 2.05) is 6.07 Å². The van der Waals surface area contributed by atoms with E-state index in [-0.39, 0.29) is 3.74 Å². The Hall–Kier alpha value is 0.150. The minimum Gasteiger partial charge on any atom is -0.238 e. The zero-order valence-corrected chi connectivity index (χ0v) is 10.6. The summed E-state index contributed by atoms with van der Waals surface area (Å²) in [7, 11) is 0. The van der Waals surface area contributed by atoms with Crippen LogP contribution in [0.3, 0.4) is 0 Å². The Morgan fingerprint density at radius 1 is 1.33 bits per heavy atom. The molecule has 0 atom stereocenters. The summed E-state index contributed by atoms with van der Waals surface area (Å²) in [6.07, 6.45) is 0. The summed E-state index contributed by atoms with van der Waals surface area (Å²) in [5.74, 6) is 0. The second-order valence-corrected chi connectivity index (χ2v) is 6.03. The molecule has 1 rings (SSSR count). The van der Waals surface area contributed by atoms with E-state index in [0.717, 1.165) is 10.0 Å². The van der Waals surface area contributed by atoms with E-state index in [2.05, 4.69) is 52.6 Å². The highest BCUT2D eigenvalue weighted by molar-refractivity contribution is 9.24. The summed E-state index contributed by atoms with van der Waals surface area (Å²) in [4.78, 5) is 3.32. The Bertz CT molecular complexity index is 328. The minimum atomic E-state index is 0.124. The van der Waals surface area contributed by atoms with Gasteiger partial charge in [-0.1, -0.05) is 59.9 Å². The van der Waals surface area contributed by atoms with Crippen molar-refractivity contribution in [2.45, 2.75) is 3.74 Å². The Kier molecular flexibility index (Phi) is 3.76. The van der Waals surface area contributed by atoms with Crippen LogP contribution in [0.1, 0.15) is 9.30 Å². The van der Waals surface area contributed by atoms with Crippen LogP contribution in [0.5, 0.6) is 0 Å². The quantitative estimate of drug-likeness (QED) is 0.505. The molecule has 0 saturated heterocycles. The van der Waals surface area contributed by atoms with Crippen molar-refractivity contribution in [3.63, 3.8) is 0 Å². The molecule has 0 aliphatic carbocycles. The van der Waals surface area contributed by atoms with Crippen molar-refractivity contribution in [3.05, 3.63) is 39.7 Å². The van der Waals surface area contributed by atoms with Gasteiger partial charge in [0.1, 0.15) is 0 Å². The molecule has 0 amide bonds. The van der Waals surface area contributed by atoms with E-state index in [1.54, 1.807) is 12.1 Å². The summed E-state index contributed by atoms with van der Waals surface area (Å²) in [5.41, 5.74) is 1.73. The highest BCUT2D eigenvalue weighted by Gasteiger charge is 2.06. The molecule has 0 spiro atoms. The van der Waals surface area contributed by atoms with Crippen molar-refractivity contribution in [1.82, 2.24) is 0 Å². The summed E-state index contributed by atoms with van der Waals surface area (Å²) in [6.45, 7) is 6.80. The van der Waals surface area contributed by atoms with Crippen LogP contribution in [0.4, 0.5) is 5.69 Å². The predicted octanol–water partition coefficient (Wildman–Crippen LogP) is 4.79. The van der Waals surface area contributed by atoms with Gasteiger partial charge >= 0.3 is 0 Å². The predicted molar refractivity (Wildman–Crippen MR) is 61.0 cm³/mol. The first kappa shape index (κ1) is 10.2. The molecule has 12 heavy (non-hydrogen) atoms. The average Bonchev–Trinajstić information content (AvgIpc) is 2.03. The summed E-state index contributed by atoms with van der Waals surface area (Å²) < 4.78 is 1.06. The zero-order chi connectivity index (χ0) is 9.14. The van der Waals surface area contributed by atoms with Crippen molar-refractivity contribution in [1.29, 1.82) is 0 Å². The average molecular weight is 354 g/mol. The number of nitrogens with zero attached hydrogens (tertiary/aromatic N) is 1. The number of benzene rings is 1. The molecule has 0 heterocycles. The highest BCUT2D eigenvalue weighted by atomic mass is 79.9. The van der Waals surface area contributed by atoms with Gasteiger partial charge in [-0.3, -0.25) is 0 Å². The second-order valence-electron chi connectivity index (χ2n) is 2.12. The second kappa shape index (κ2) is 4.40. The zero-order valence-electron chi connectivity index (χ0n) is 5.89. The lowest BCUT2D eigenvalue weighted by Crippen LogP contribution is -1.81. The van der Waals surface area contributed by atoms with Crippen LogP contribution < -0.4 is 0 Å². The minimum absolute atomic E-state index is 0.124. The molecule has 0 bridgehead atoms. The third kappa shape index (κ3) is 2.32. The number of hydrogen-bond donors (Lipinski definition) is 0. The molecule has 0 fully saturated rings. The standard InChI is InChI=1S/C8H4Br3N/c1-12-5-2-3-6(8(10)11)7(9)4-5/h2-4,8H. The van der Waals surface area contributed by atoms with Gasteiger partial charge in [-0.15, -0.1) is 0 Å². The van der Waals surface area contributed by atoms with Crippen LogP contribution in [0.25, 0.3) is 4.85 Å². The van der Waals surface area contributed by atoms with Crippen LogP contribution in [0.2, 0.25) is 0 Å². The van der Waals surface area contributed by atoms with Crippen LogP contribution in [-0.2, 0) is 0 Å². The largest absolute Gasteiger partial charge is 0.238 e. The van der Waals surface area contributed by atoms with Crippen molar-refractivity contribution < 1.29 is 0 Å². The maximum Gasteiger partial charge on any atom is 0.188 e. The Balaban J connectivity index is 3.14. The van der Waals surface area contributed by atoms with E-state index in [0.29, 0.717) is 5.69 Å². The molecule has 1 nitrogen and oxygen atoms in total. The summed E-state index contributed by atoms with van der Waals surface area (Å²) >= 11 is 10.2. The van der Waals surface area contributed by atoms with Gasteiger partial charge in [-0.2, -0.15) is 0 Å². The van der Waals surface area contributed by atoms with E-state index < -0.39 is 0 Å². The van der Waals surface area contributed by atoms with E-state index in [1.165, 1.54) is 0 Å². The molecule has 62 valence electrons. The number of rotatable bonds is 1. The fourth-order valence-electron chi connectivity index (χ4n) is 0.763. The molecule has 1 aromatic carbocycles. The van der Waals surface area contributed by atoms with Crippen molar-refractivity contribution in [2.75, 3.05) is 0 Å². The normalized spacial score (nSPS) is 9.92. The lowest BCUT2D eigenvalue weighted by molar-refractivity contribution is 1.39. The van der Waals surface area contributed by atoms with Crippen LogP contribution >= 0.6 is 47.8 Å². The first-order valence-corrected chi connectivity index (χ1v) is 5.72. The van der Waals surface area contributed by atoms with E-state index in [9.17, 15) is 0 Å². The summed E-state index contributed by atoms with van der Waals surface area (Å²) in [5, 5.41) is 0. The number of alkyl halides is 2. The van der Waals surface area contributed by atoms with Gasteiger partial charge in [0, 0.05) is 4.47 Å². The molecular weight excluding hydrogens is 350 g/mol. The van der Waals surface area contributed by atoms with Gasteiger partial charge < -0.3 is 0 Å². The molecule has 0 unspecified atom stereocenters. The van der Waals surface area contributed by atoms with Crippen molar-refractivity contribution in [3.8, 4) is 0 Å². The van der Waals surface area contributed by atoms with E-state index in [4.69, 9.17) is 6.57 Å². The third-order valence-corrected chi connectivity index (χ3v) is 3.02. The maximum absolute atomic E-state index is 6.80. The number of halogens is 3. The van der Waals surface area contributed by atoms with Crippen molar-refractivity contribution in [2.24, 2.45) is 0 Å². The lowest BCUT2D eigenvalue weighted by atomic mass is 10.2. The Morgan fingerprint density at radius 2 is 2.00 bits per heavy atom. The van der Waals surface area contributed by atoms with Gasteiger partial charge in [0.25, 0.3) is 0 Å². The highest BCUT2D eigenvalue weighted by Crippen LogP contribution is 2.36. The smallest absolute Gasteiger partial charge is 0.188 e. The van der Waals surface area contributed by atoms with Crippen LogP contribution in [-0.4, -0.2) is 0 Å². The Labute approximate surface area is 96.4 Å². The molecule has 0 aliphatic rings. The first-order chi connectivity index (χ1) is 5.65. The Morgan fingerprint density at radius 3 is 2.42 bits per heavy atom. The molecule has 0 aliphatic heterocycles. The molecule has 0 radical (unpaired) electrons. The molecule has 1 aromatic rings. The lowest BCUT2D eigenvalue weighted by Gasteiger charge is -2.04. The fraction of sp³-hybridized carbons (Fsp3) is 0.125. The van der Waals surface area contributed by atoms with Crippen molar-refractivity contribution >= 4 is 53.5 Å². The van der Waals surface area contributed by atoms with Crippen LogP contribution in [0, 0.1) is 6.57 Å². The van der Waals surface area contributed by atoms with Gasteiger partial charge in [0.2, 0.25) is 0 Å². The third-order valence-electron chi connectivity index (χ3n) is 1.35. The van der Waals surface area contributed by atoms with Gasteiger partial charge in [-0.05, 0) is 11.6 Å². The van der Waals surface area contributed by atoms with Gasteiger partial charge in [-0.25, -0.2) is 4.85 Å². The molecule has 0 N–H and O–H groups in total. The summed E-state index contributed by atoms with van der Waals surface area (Å²) in [6, 6.07) is 5.51. The SMILES string of the molecule is [C-]#[N+]c1ccc(C(Br)Br)c(Br)c1. The first-order valence-electron chi connectivity index (χ1n) is 3.10.